The number of hydrogen-bond acceptors (Lipinski definition) is 2. The molecule has 0 aliphatic carbocycles. The molecule has 0 bridgehead atoms. The summed E-state index contributed by atoms with van der Waals surface area (Å²) in [6, 6.07) is 8.73. The summed E-state index contributed by atoms with van der Waals surface area (Å²) >= 11 is 0. The van der Waals surface area contributed by atoms with E-state index in [9.17, 15) is 0 Å². The Morgan fingerprint density at radius 2 is 1.76 bits per heavy atom. The van der Waals surface area contributed by atoms with Crippen LogP contribution in [0.25, 0.3) is 11.3 Å². The number of hydrogen-bond donors (Lipinski definition) is 2. The second-order valence-corrected chi connectivity index (χ2v) is 5.66. The van der Waals surface area contributed by atoms with Crippen LogP contribution in [-0.2, 0) is 12.8 Å². The molecule has 3 heteroatoms. The predicted octanol–water partition coefficient (Wildman–Crippen LogP) is 4.01. The highest BCUT2D eigenvalue weighted by atomic mass is 14.9. The highest BCUT2D eigenvalue weighted by molar-refractivity contribution is 5.62. The molecule has 0 radical (unpaired) electrons. The molecule has 0 saturated carbocycles. The van der Waals surface area contributed by atoms with Crippen LogP contribution in [0.15, 0.2) is 24.3 Å². The van der Waals surface area contributed by atoms with E-state index in [1.807, 2.05) is 0 Å². The van der Waals surface area contributed by atoms with Crippen LogP contribution in [0.1, 0.15) is 49.7 Å². The third-order valence-corrected chi connectivity index (χ3v) is 3.94. The molecule has 0 aliphatic heterocycles. The third kappa shape index (κ3) is 4.43. The van der Waals surface area contributed by atoms with Crippen molar-refractivity contribution in [3.05, 3.63) is 41.3 Å². The number of H-pyrrole nitrogens is 1. The van der Waals surface area contributed by atoms with Crippen LogP contribution in [0.3, 0.4) is 0 Å². The maximum Gasteiger partial charge on any atom is 0.106 e. The van der Waals surface area contributed by atoms with Crippen LogP contribution in [0.4, 0.5) is 0 Å². The lowest BCUT2D eigenvalue weighted by Gasteiger charge is -2.00. The number of rotatable bonds is 8. The van der Waals surface area contributed by atoms with E-state index in [0.717, 1.165) is 43.0 Å². The maximum absolute atomic E-state index is 5.51. The molecule has 2 rings (SSSR count). The van der Waals surface area contributed by atoms with E-state index >= 15 is 0 Å². The predicted molar refractivity (Wildman–Crippen MR) is 89.4 cm³/mol. The third-order valence-electron chi connectivity index (χ3n) is 3.94. The van der Waals surface area contributed by atoms with Gasteiger partial charge in [0.1, 0.15) is 5.82 Å². The Labute approximate surface area is 128 Å². The maximum atomic E-state index is 5.51. The summed E-state index contributed by atoms with van der Waals surface area (Å²) in [5.41, 5.74) is 10.3. The molecule has 2 aromatic rings. The lowest BCUT2D eigenvalue weighted by molar-refractivity contribution is 0.637. The first-order valence-electron chi connectivity index (χ1n) is 8.09. The molecule has 114 valence electrons. The molecule has 1 heterocycles. The Bertz CT molecular complexity index is 540. The summed E-state index contributed by atoms with van der Waals surface area (Å²) in [7, 11) is 0. The van der Waals surface area contributed by atoms with Gasteiger partial charge in [0, 0.05) is 17.7 Å². The first-order valence-corrected chi connectivity index (χ1v) is 8.09. The topological polar surface area (TPSA) is 54.7 Å². The number of nitrogens with one attached hydrogen (secondary N) is 1. The van der Waals surface area contributed by atoms with Crippen LogP contribution in [0.2, 0.25) is 0 Å². The molecule has 0 aliphatic rings. The van der Waals surface area contributed by atoms with Crippen LogP contribution >= 0.6 is 0 Å². The molecule has 0 amide bonds. The SMILES string of the molecule is CCc1ccc(-c2nc(CCCCCCN)[nH]c2C)cc1. The van der Waals surface area contributed by atoms with Gasteiger partial charge in [-0.15, -0.1) is 0 Å². The molecule has 0 saturated heterocycles. The molecule has 0 atom stereocenters. The van der Waals surface area contributed by atoms with E-state index in [0.29, 0.717) is 0 Å². The van der Waals surface area contributed by atoms with Gasteiger partial charge in [-0.25, -0.2) is 4.98 Å². The van der Waals surface area contributed by atoms with Crippen LogP contribution in [-0.4, -0.2) is 16.5 Å². The van der Waals surface area contributed by atoms with Crippen molar-refractivity contribution < 1.29 is 0 Å². The summed E-state index contributed by atoms with van der Waals surface area (Å²) in [5.74, 6) is 1.11. The van der Waals surface area contributed by atoms with E-state index in [2.05, 4.69) is 43.1 Å². The van der Waals surface area contributed by atoms with E-state index < -0.39 is 0 Å². The van der Waals surface area contributed by atoms with E-state index in [4.69, 9.17) is 10.7 Å². The van der Waals surface area contributed by atoms with Crippen molar-refractivity contribution in [1.29, 1.82) is 0 Å². The fraction of sp³-hybridized carbons (Fsp3) is 0.500. The largest absolute Gasteiger partial charge is 0.346 e. The quantitative estimate of drug-likeness (QED) is 0.720. The zero-order valence-electron chi connectivity index (χ0n) is 13.3. The molecular weight excluding hydrogens is 258 g/mol. The monoisotopic (exact) mass is 285 g/mol. The summed E-state index contributed by atoms with van der Waals surface area (Å²) in [5, 5.41) is 0. The lowest BCUT2D eigenvalue weighted by atomic mass is 10.1. The van der Waals surface area contributed by atoms with Gasteiger partial charge >= 0.3 is 0 Å². The Hall–Kier alpha value is -1.61. The summed E-state index contributed by atoms with van der Waals surface area (Å²) in [6.45, 7) is 5.09. The van der Waals surface area contributed by atoms with Crippen molar-refractivity contribution in [3.8, 4) is 11.3 Å². The zero-order chi connectivity index (χ0) is 15.1. The van der Waals surface area contributed by atoms with Crippen molar-refractivity contribution in [2.45, 2.75) is 52.4 Å². The number of benzene rings is 1. The average molecular weight is 285 g/mol. The van der Waals surface area contributed by atoms with Crippen molar-refractivity contribution in [3.63, 3.8) is 0 Å². The number of aryl methyl sites for hydroxylation is 3. The minimum Gasteiger partial charge on any atom is -0.346 e. The second kappa shape index (κ2) is 7.99. The number of nitrogens with zero attached hydrogens (tertiary/aromatic N) is 1. The van der Waals surface area contributed by atoms with Gasteiger partial charge in [-0.05, 0) is 38.3 Å². The molecule has 3 N–H and O–H groups in total. The first kappa shape index (κ1) is 15.8. The Balaban J connectivity index is 1.97. The number of nitrogens with two attached hydrogens (primary N) is 1. The average Bonchev–Trinajstić information content (AvgIpc) is 2.88. The summed E-state index contributed by atoms with van der Waals surface area (Å²) in [4.78, 5) is 8.20. The minimum absolute atomic E-state index is 0.803. The van der Waals surface area contributed by atoms with Crippen molar-refractivity contribution in [2.24, 2.45) is 5.73 Å². The molecule has 0 spiro atoms. The van der Waals surface area contributed by atoms with Gasteiger partial charge in [0.2, 0.25) is 0 Å². The minimum atomic E-state index is 0.803. The zero-order valence-corrected chi connectivity index (χ0v) is 13.3. The molecular formula is C18H27N3. The van der Waals surface area contributed by atoms with E-state index in [1.165, 1.54) is 30.4 Å². The van der Waals surface area contributed by atoms with E-state index in [1.54, 1.807) is 0 Å². The van der Waals surface area contributed by atoms with Gasteiger partial charge in [-0.3, -0.25) is 0 Å². The van der Waals surface area contributed by atoms with Crippen LogP contribution in [0.5, 0.6) is 0 Å². The smallest absolute Gasteiger partial charge is 0.106 e. The van der Waals surface area contributed by atoms with Gasteiger partial charge < -0.3 is 10.7 Å². The van der Waals surface area contributed by atoms with Crippen LogP contribution < -0.4 is 5.73 Å². The Morgan fingerprint density at radius 3 is 2.43 bits per heavy atom. The van der Waals surface area contributed by atoms with Gasteiger partial charge in [-0.1, -0.05) is 44.0 Å². The summed E-state index contributed by atoms with van der Waals surface area (Å²) in [6.07, 6.45) is 6.87. The van der Waals surface area contributed by atoms with Gasteiger partial charge in [0.05, 0.1) is 5.69 Å². The van der Waals surface area contributed by atoms with Crippen LogP contribution in [0, 0.1) is 6.92 Å². The molecule has 3 nitrogen and oxygen atoms in total. The fourth-order valence-electron chi connectivity index (χ4n) is 2.61. The highest BCUT2D eigenvalue weighted by Gasteiger charge is 2.08. The van der Waals surface area contributed by atoms with Crippen molar-refractivity contribution >= 4 is 0 Å². The molecule has 0 fully saturated rings. The number of aromatic amines is 1. The number of aromatic nitrogens is 2. The van der Waals surface area contributed by atoms with Crippen molar-refractivity contribution in [2.75, 3.05) is 6.54 Å². The van der Waals surface area contributed by atoms with Crippen molar-refractivity contribution in [1.82, 2.24) is 9.97 Å². The number of unbranched alkanes of at least 4 members (excludes halogenated alkanes) is 3. The fourth-order valence-corrected chi connectivity index (χ4v) is 2.61. The van der Waals surface area contributed by atoms with Gasteiger partial charge in [-0.2, -0.15) is 0 Å². The first-order chi connectivity index (χ1) is 10.2. The second-order valence-electron chi connectivity index (χ2n) is 5.66. The van der Waals surface area contributed by atoms with Gasteiger partial charge in [0.15, 0.2) is 0 Å². The van der Waals surface area contributed by atoms with Gasteiger partial charge in [0.25, 0.3) is 0 Å². The molecule has 1 aromatic heterocycles. The number of imidazole rings is 1. The molecule has 0 unspecified atom stereocenters. The molecule has 21 heavy (non-hydrogen) atoms. The molecule has 1 aromatic carbocycles. The standard InChI is InChI=1S/C18H27N3/c1-3-15-9-11-16(12-10-15)18-14(2)20-17(21-18)8-6-4-5-7-13-19/h9-12H,3-8,13,19H2,1-2H3,(H,20,21). The highest BCUT2D eigenvalue weighted by Crippen LogP contribution is 2.22. The lowest BCUT2D eigenvalue weighted by Crippen LogP contribution is -1.98. The summed E-state index contributed by atoms with van der Waals surface area (Å²) < 4.78 is 0. The Kier molecular flexibility index (Phi) is 6.00. The normalized spacial score (nSPS) is 11.0. The van der Waals surface area contributed by atoms with E-state index in [-0.39, 0.29) is 0 Å². The Morgan fingerprint density at radius 1 is 1.05 bits per heavy atom.